The highest BCUT2D eigenvalue weighted by molar-refractivity contribution is 6.59. The summed E-state index contributed by atoms with van der Waals surface area (Å²) in [5, 5.41) is 3.33. The first-order valence-corrected chi connectivity index (χ1v) is 17.3. The van der Waals surface area contributed by atoms with Gasteiger partial charge in [-0.1, -0.05) is 151 Å². The molecule has 0 N–H and O–H groups in total. The minimum absolute atomic E-state index is 0.0684. The monoisotopic (exact) mass is 842 g/mol. The van der Waals surface area contributed by atoms with E-state index in [9.17, 15) is 0 Å². The molecule has 46 heavy (non-hydrogen) atoms. The summed E-state index contributed by atoms with van der Waals surface area (Å²) < 4.78 is 12.7. The van der Waals surface area contributed by atoms with E-state index in [2.05, 4.69) is 0 Å². The van der Waals surface area contributed by atoms with E-state index in [1.165, 1.54) is 0 Å². The van der Waals surface area contributed by atoms with Gasteiger partial charge in [-0.3, -0.25) is 0 Å². The molecule has 0 bridgehead atoms. The van der Waals surface area contributed by atoms with Crippen LogP contribution < -0.4 is 9.47 Å². The number of ether oxygens (including phenoxy) is 2. The number of benzene rings is 6. The molecule has 14 heteroatoms. The van der Waals surface area contributed by atoms with Gasteiger partial charge in [-0.15, -0.1) is 0 Å². The lowest BCUT2D eigenvalue weighted by Crippen LogP contribution is -2.02. The van der Waals surface area contributed by atoms with Crippen molar-refractivity contribution in [1.29, 1.82) is 0 Å². The molecule has 2 aliphatic rings. The van der Waals surface area contributed by atoms with E-state index in [-0.39, 0.29) is 71.8 Å². The Morgan fingerprint density at radius 1 is 0.326 bits per heavy atom. The molecule has 230 valence electrons. The first-order valence-electron chi connectivity index (χ1n) is 12.8. The largest absolute Gasteiger partial charge is 0.454 e. The predicted molar refractivity (Wildman–Crippen MR) is 198 cm³/mol. The molecule has 2 aliphatic heterocycles. The summed E-state index contributed by atoms with van der Waals surface area (Å²) in [6.45, 7) is 0. The Morgan fingerprint density at radius 2 is 0.652 bits per heavy atom. The molecular weight excluding hydrogens is 842 g/mol. The molecule has 0 aliphatic carbocycles. The van der Waals surface area contributed by atoms with Crippen LogP contribution in [0, 0.1) is 0 Å². The SMILES string of the molecule is Clc1c(Cl)c2c3c(c(Cl)c(Cl)c(Cl)c3c1Cl)-c1ccc(-c3ccc4c(c3)Oc3c(Cl)c(Cl)c(Cl)c5c(Cl)c(Cl)c(Cl)c-4c35)cc1O2. The number of hydrogen-bond donors (Lipinski definition) is 0. The first-order chi connectivity index (χ1) is 21.8. The number of rotatable bonds is 1. The van der Waals surface area contributed by atoms with Gasteiger partial charge in [-0.05, 0) is 35.4 Å². The van der Waals surface area contributed by atoms with E-state index in [0.29, 0.717) is 55.3 Å². The third kappa shape index (κ3) is 4.27. The van der Waals surface area contributed by atoms with Gasteiger partial charge in [0.25, 0.3) is 0 Å². The zero-order valence-corrected chi connectivity index (χ0v) is 30.9. The molecule has 0 fully saturated rings. The molecule has 0 unspecified atom stereocenters. The first kappa shape index (κ1) is 32.1. The van der Waals surface area contributed by atoms with Gasteiger partial charge in [0.15, 0.2) is 11.5 Å². The lowest BCUT2D eigenvalue weighted by atomic mass is 9.90. The maximum atomic E-state index is 6.77. The lowest BCUT2D eigenvalue weighted by Gasteiger charge is -2.27. The molecule has 2 heterocycles. The highest BCUT2D eigenvalue weighted by atomic mass is 35.5. The maximum Gasteiger partial charge on any atom is 0.156 e. The average molecular weight is 848 g/mol. The van der Waals surface area contributed by atoms with Gasteiger partial charge in [0, 0.05) is 43.8 Å². The second-order valence-electron chi connectivity index (χ2n) is 10.3. The van der Waals surface area contributed by atoms with Gasteiger partial charge < -0.3 is 9.47 Å². The Morgan fingerprint density at radius 3 is 1.00 bits per heavy atom. The highest BCUT2D eigenvalue weighted by Gasteiger charge is 2.34. The van der Waals surface area contributed by atoms with Crippen molar-refractivity contribution in [1.82, 2.24) is 0 Å². The van der Waals surface area contributed by atoms with E-state index < -0.39 is 0 Å². The average Bonchev–Trinajstić information content (AvgIpc) is 3.05. The normalized spacial score (nSPS) is 12.7. The Labute approximate surface area is 320 Å². The summed E-state index contributed by atoms with van der Waals surface area (Å²) in [6.07, 6.45) is 0. The van der Waals surface area contributed by atoms with Crippen molar-refractivity contribution in [3.8, 4) is 56.4 Å². The van der Waals surface area contributed by atoms with E-state index in [0.717, 1.165) is 11.1 Å². The van der Waals surface area contributed by atoms with Crippen LogP contribution in [-0.2, 0) is 0 Å². The van der Waals surface area contributed by atoms with Crippen LogP contribution >= 0.6 is 139 Å². The number of fused-ring (bicyclic) bond motifs is 4. The van der Waals surface area contributed by atoms with E-state index in [1.807, 2.05) is 36.4 Å². The maximum absolute atomic E-state index is 6.77. The van der Waals surface area contributed by atoms with E-state index in [1.54, 1.807) is 0 Å². The lowest BCUT2D eigenvalue weighted by molar-refractivity contribution is 0.486. The Balaban J connectivity index is 1.33. The number of halogens is 12. The molecule has 0 atom stereocenters. The van der Waals surface area contributed by atoms with Crippen LogP contribution in [0.2, 0.25) is 60.3 Å². The topological polar surface area (TPSA) is 18.5 Å². The van der Waals surface area contributed by atoms with Crippen LogP contribution in [0.3, 0.4) is 0 Å². The van der Waals surface area contributed by atoms with Gasteiger partial charge in [0.1, 0.15) is 21.5 Å². The van der Waals surface area contributed by atoms with Crippen molar-refractivity contribution in [2.45, 2.75) is 0 Å². The molecule has 6 aromatic rings. The fourth-order valence-electron chi connectivity index (χ4n) is 5.92. The van der Waals surface area contributed by atoms with Crippen molar-refractivity contribution >= 4 is 161 Å². The Hall–Kier alpha value is -1.08. The molecule has 0 saturated heterocycles. The third-order valence-corrected chi connectivity index (χ3v) is 13.2. The predicted octanol–water partition coefficient (Wildman–Crippen LogP) is 17.0. The van der Waals surface area contributed by atoms with Gasteiger partial charge in [-0.2, -0.15) is 0 Å². The number of hydrogen-bond acceptors (Lipinski definition) is 2. The summed E-state index contributed by atoms with van der Waals surface area (Å²) in [7, 11) is 0. The summed E-state index contributed by atoms with van der Waals surface area (Å²) in [5.41, 5.74) is 3.92. The van der Waals surface area contributed by atoms with Crippen molar-refractivity contribution in [3.63, 3.8) is 0 Å². The fourth-order valence-corrected chi connectivity index (χ4v) is 9.12. The van der Waals surface area contributed by atoms with Crippen LogP contribution in [0.15, 0.2) is 36.4 Å². The molecule has 0 saturated carbocycles. The van der Waals surface area contributed by atoms with Crippen LogP contribution in [-0.4, -0.2) is 0 Å². The quantitative estimate of drug-likeness (QED) is 0.153. The third-order valence-electron chi connectivity index (χ3n) is 7.97. The van der Waals surface area contributed by atoms with E-state index in [4.69, 9.17) is 149 Å². The van der Waals surface area contributed by atoms with Crippen LogP contribution in [0.25, 0.3) is 54.9 Å². The van der Waals surface area contributed by atoms with E-state index >= 15 is 0 Å². The van der Waals surface area contributed by atoms with Crippen molar-refractivity contribution in [2.24, 2.45) is 0 Å². The second-order valence-corrected chi connectivity index (χ2v) is 14.8. The van der Waals surface area contributed by atoms with Crippen LogP contribution in [0.4, 0.5) is 0 Å². The molecule has 2 nitrogen and oxygen atoms in total. The molecule has 6 aromatic carbocycles. The van der Waals surface area contributed by atoms with Gasteiger partial charge in [0.2, 0.25) is 0 Å². The smallest absolute Gasteiger partial charge is 0.156 e. The van der Waals surface area contributed by atoms with Crippen LogP contribution in [0.1, 0.15) is 0 Å². The second kappa shape index (κ2) is 11.2. The Kier molecular flexibility index (Phi) is 7.84. The minimum atomic E-state index is 0.0684. The molecule has 8 rings (SSSR count). The van der Waals surface area contributed by atoms with Gasteiger partial charge >= 0.3 is 0 Å². The molecule has 0 amide bonds. The molecular formula is C32H6Cl12O2. The molecule has 0 radical (unpaired) electrons. The van der Waals surface area contributed by atoms with Gasteiger partial charge in [-0.25, -0.2) is 0 Å². The summed E-state index contributed by atoms with van der Waals surface area (Å²) in [6, 6.07) is 11.1. The highest BCUT2D eigenvalue weighted by Crippen LogP contribution is 2.61. The Bertz CT molecular complexity index is 2270. The summed E-state index contributed by atoms with van der Waals surface area (Å²) in [4.78, 5) is 0. The summed E-state index contributed by atoms with van der Waals surface area (Å²) >= 11 is 79.2. The zero-order valence-electron chi connectivity index (χ0n) is 21.8. The summed E-state index contributed by atoms with van der Waals surface area (Å²) in [5.74, 6) is 1.38. The molecule has 0 aromatic heterocycles. The van der Waals surface area contributed by atoms with Crippen molar-refractivity contribution in [2.75, 3.05) is 0 Å². The zero-order chi connectivity index (χ0) is 32.7. The van der Waals surface area contributed by atoms with Crippen molar-refractivity contribution < 1.29 is 9.47 Å². The van der Waals surface area contributed by atoms with Crippen molar-refractivity contribution in [3.05, 3.63) is 96.7 Å². The van der Waals surface area contributed by atoms with Gasteiger partial charge in [0.05, 0.1) is 50.2 Å². The molecule has 0 spiro atoms. The minimum Gasteiger partial charge on any atom is -0.454 e. The fraction of sp³-hybridized carbons (Fsp3) is 0. The van der Waals surface area contributed by atoms with Crippen LogP contribution in [0.5, 0.6) is 23.0 Å². The standard InChI is InChI=1S/C32H6Cl12O2/c33-19-13-9-3-1-7(5-11(9)45-31-15(13)17(21(35)25(19)39)23(37)27(41)29(31)43)8-2-4-10-12(6-8)46-32-16-14(10)20(34)26(40)22(36)18(16)24(38)28(42)30(32)44/h1-6H.